The van der Waals surface area contributed by atoms with Crippen molar-refractivity contribution in [2.45, 2.75) is 13.1 Å². The number of ether oxygens (including phenoxy) is 2. The minimum Gasteiger partial charge on any atom is -0.508 e. The van der Waals surface area contributed by atoms with Crippen molar-refractivity contribution in [2.24, 2.45) is 0 Å². The van der Waals surface area contributed by atoms with Gasteiger partial charge in [0.1, 0.15) is 23.9 Å². The highest BCUT2D eigenvalue weighted by atomic mass is 32.1. The van der Waals surface area contributed by atoms with Crippen LogP contribution in [0.1, 0.15) is 21.5 Å². The Labute approximate surface area is 234 Å². The van der Waals surface area contributed by atoms with Gasteiger partial charge in [0, 0.05) is 56.4 Å². The van der Waals surface area contributed by atoms with Crippen molar-refractivity contribution in [3.8, 4) is 27.7 Å². The Morgan fingerprint density at radius 2 is 1.73 bits per heavy atom. The topological polar surface area (TPSA) is 91.4 Å². The van der Waals surface area contributed by atoms with E-state index in [2.05, 4.69) is 9.97 Å². The van der Waals surface area contributed by atoms with Crippen LogP contribution in [0.4, 0.5) is 0 Å². The van der Waals surface area contributed by atoms with Crippen molar-refractivity contribution >= 4 is 27.2 Å². The van der Waals surface area contributed by atoms with Gasteiger partial charge < -0.3 is 23.7 Å². The summed E-state index contributed by atoms with van der Waals surface area (Å²) >= 11 is 1.48. The number of methoxy groups -OCH3 is 1. The van der Waals surface area contributed by atoms with Crippen LogP contribution in [0.5, 0.6) is 17.2 Å². The molecule has 0 atom stereocenters. The molecule has 6 aromatic rings. The molecule has 3 aromatic heterocycles. The number of benzene rings is 3. The van der Waals surface area contributed by atoms with Crippen molar-refractivity contribution in [3.05, 3.63) is 115 Å². The van der Waals surface area contributed by atoms with Crippen LogP contribution in [-0.4, -0.2) is 43.7 Å². The molecule has 0 spiro atoms. The number of nitrogens with zero attached hydrogens (tertiary/aromatic N) is 4. The second-order valence-corrected chi connectivity index (χ2v) is 10.3. The molecule has 1 N–H and O–H groups in total. The van der Waals surface area contributed by atoms with Crippen molar-refractivity contribution in [1.82, 2.24) is 19.1 Å². The molecule has 6 rings (SSSR count). The van der Waals surface area contributed by atoms with Crippen LogP contribution in [-0.2, 0) is 13.1 Å². The van der Waals surface area contributed by atoms with Gasteiger partial charge in [0.15, 0.2) is 5.78 Å². The third kappa shape index (κ3) is 5.19. The first kappa shape index (κ1) is 25.4. The highest BCUT2D eigenvalue weighted by Crippen LogP contribution is 2.42. The second-order valence-electron chi connectivity index (χ2n) is 9.25. The van der Waals surface area contributed by atoms with Crippen LogP contribution in [0.25, 0.3) is 20.5 Å². The molecule has 200 valence electrons. The second kappa shape index (κ2) is 11.1. The molecule has 3 heterocycles. The average Bonchev–Trinajstić information content (AvgIpc) is 3.75. The van der Waals surface area contributed by atoms with Crippen LogP contribution in [0.2, 0.25) is 0 Å². The zero-order valence-electron chi connectivity index (χ0n) is 21.7. The maximum atomic E-state index is 14.1. The molecule has 0 fully saturated rings. The van der Waals surface area contributed by atoms with Crippen LogP contribution >= 0.6 is 11.3 Å². The highest BCUT2D eigenvalue weighted by molar-refractivity contribution is 7.22. The van der Waals surface area contributed by atoms with Crippen LogP contribution in [0, 0.1) is 0 Å². The van der Waals surface area contributed by atoms with Crippen molar-refractivity contribution in [1.29, 1.82) is 0 Å². The number of ketones is 1. The summed E-state index contributed by atoms with van der Waals surface area (Å²) in [6.45, 7) is 1.80. The van der Waals surface area contributed by atoms with Gasteiger partial charge in [-0.3, -0.25) is 4.79 Å². The SMILES string of the molecule is COc1cc(C(=O)c2c(-c3ccc(OCCn4ccnc4)cc3)sc3cc(O)ccc23)ccc1Cn1ccnc1. The number of phenols is 1. The molecule has 0 saturated carbocycles. The van der Waals surface area contributed by atoms with Gasteiger partial charge in [-0.2, -0.15) is 0 Å². The number of aromatic hydroxyl groups is 1. The van der Waals surface area contributed by atoms with E-state index in [4.69, 9.17) is 9.47 Å². The number of thiophene rings is 1. The highest BCUT2D eigenvalue weighted by Gasteiger charge is 2.23. The molecular weight excluding hydrogens is 524 g/mol. The summed E-state index contributed by atoms with van der Waals surface area (Å²) in [4.78, 5) is 23.0. The first-order valence-electron chi connectivity index (χ1n) is 12.7. The summed E-state index contributed by atoms with van der Waals surface area (Å²) in [5, 5.41) is 10.9. The first-order chi connectivity index (χ1) is 19.6. The van der Waals surface area contributed by atoms with Gasteiger partial charge in [-0.05, 0) is 54.1 Å². The maximum Gasteiger partial charge on any atom is 0.195 e. The molecule has 0 aliphatic carbocycles. The lowest BCUT2D eigenvalue weighted by molar-refractivity contribution is 0.104. The van der Waals surface area contributed by atoms with Gasteiger partial charge in [0.05, 0.1) is 32.9 Å². The van der Waals surface area contributed by atoms with Crippen LogP contribution in [0.15, 0.2) is 98.1 Å². The third-order valence-electron chi connectivity index (χ3n) is 6.66. The summed E-state index contributed by atoms with van der Waals surface area (Å²) in [5.41, 5.74) is 2.97. The Hall–Kier alpha value is -4.89. The van der Waals surface area contributed by atoms with E-state index in [1.807, 2.05) is 57.9 Å². The fourth-order valence-electron chi connectivity index (χ4n) is 4.64. The summed E-state index contributed by atoms with van der Waals surface area (Å²) in [5.74, 6) is 1.43. The zero-order chi connectivity index (χ0) is 27.5. The number of phenolic OH excluding ortho intramolecular Hbond substituents is 1. The summed E-state index contributed by atoms with van der Waals surface area (Å²) in [6.07, 6.45) is 10.7. The largest absolute Gasteiger partial charge is 0.508 e. The van der Waals surface area contributed by atoms with Crippen molar-refractivity contribution in [3.63, 3.8) is 0 Å². The Morgan fingerprint density at radius 3 is 2.45 bits per heavy atom. The van der Waals surface area contributed by atoms with Gasteiger partial charge in [-0.15, -0.1) is 11.3 Å². The minimum atomic E-state index is -0.111. The summed E-state index contributed by atoms with van der Waals surface area (Å²) in [7, 11) is 1.61. The smallest absolute Gasteiger partial charge is 0.195 e. The van der Waals surface area contributed by atoms with Crippen LogP contribution in [0.3, 0.4) is 0 Å². The predicted octanol–water partition coefficient (Wildman–Crippen LogP) is 6.03. The summed E-state index contributed by atoms with van der Waals surface area (Å²) < 4.78 is 16.3. The molecular formula is C31H26N4O4S. The standard InChI is InChI=1S/C31H26N4O4S/c1-38-27-16-22(2-3-23(27)18-35-13-11-33-20-35)30(37)29-26-9-6-24(36)17-28(26)40-31(29)21-4-7-25(8-5-21)39-15-14-34-12-10-32-19-34/h2-13,16-17,19-20,36H,14-15,18H2,1H3. The minimum absolute atomic E-state index is 0.111. The molecule has 9 heteroatoms. The number of aromatic nitrogens is 4. The van der Waals surface area contributed by atoms with E-state index in [-0.39, 0.29) is 11.5 Å². The lowest BCUT2D eigenvalue weighted by Gasteiger charge is -2.12. The van der Waals surface area contributed by atoms with Gasteiger partial charge in [0.25, 0.3) is 0 Å². The van der Waals surface area contributed by atoms with Gasteiger partial charge in [-0.1, -0.05) is 12.1 Å². The Balaban J connectivity index is 1.32. The zero-order valence-corrected chi connectivity index (χ0v) is 22.5. The molecule has 0 radical (unpaired) electrons. The van der Waals surface area contributed by atoms with E-state index in [1.54, 1.807) is 56.4 Å². The fourth-order valence-corrected chi connectivity index (χ4v) is 5.88. The van der Waals surface area contributed by atoms with Crippen molar-refractivity contribution < 1.29 is 19.4 Å². The number of hydrogen-bond acceptors (Lipinski definition) is 7. The number of hydrogen-bond donors (Lipinski definition) is 1. The Kier molecular flexibility index (Phi) is 7.03. The molecule has 40 heavy (non-hydrogen) atoms. The monoisotopic (exact) mass is 550 g/mol. The average molecular weight is 551 g/mol. The van der Waals surface area contributed by atoms with E-state index in [9.17, 15) is 9.90 Å². The lowest BCUT2D eigenvalue weighted by atomic mass is 9.96. The third-order valence-corrected chi connectivity index (χ3v) is 7.86. The number of fused-ring (bicyclic) bond motifs is 1. The Morgan fingerprint density at radius 1 is 0.950 bits per heavy atom. The van der Waals surface area contributed by atoms with E-state index in [0.717, 1.165) is 31.8 Å². The summed E-state index contributed by atoms with van der Waals surface area (Å²) in [6, 6.07) is 18.4. The number of imidazole rings is 2. The van der Waals surface area contributed by atoms with E-state index in [1.165, 1.54) is 11.3 Å². The fraction of sp³-hybridized carbons (Fsp3) is 0.129. The predicted molar refractivity (Wildman–Crippen MR) is 154 cm³/mol. The molecule has 0 unspecified atom stereocenters. The van der Waals surface area contributed by atoms with E-state index < -0.39 is 0 Å². The Bertz CT molecular complexity index is 1760. The first-order valence-corrected chi connectivity index (χ1v) is 13.5. The molecule has 0 amide bonds. The maximum absolute atomic E-state index is 14.1. The normalized spacial score (nSPS) is 11.1. The molecule has 0 aliphatic rings. The van der Waals surface area contributed by atoms with Crippen LogP contribution < -0.4 is 9.47 Å². The molecule has 0 bridgehead atoms. The molecule has 3 aromatic carbocycles. The van der Waals surface area contributed by atoms with Crippen molar-refractivity contribution in [2.75, 3.05) is 13.7 Å². The van der Waals surface area contributed by atoms with Gasteiger partial charge in [-0.25, -0.2) is 9.97 Å². The number of rotatable bonds is 10. The molecule has 0 saturated heterocycles. The molecule has 0 aliphatic heterocycles. The number of carbonyl (C=O) groups is 1. The van der Waals surface area contributed by atoms with Gasteiger partial charge in [0.2, 0.25) is 0 Å². The lowest BCUT2D eigenvalue weighted by Crippen LogP contribution is -2.06. The van der Waals surface area contributed by atoms with E-state index >= 15 is 0 Å². The number of carbonyl (C=O) groups excluding carboxylic acids is 1. The molecule has 8 nitrogen and oxygen atoms in total. The van der Waals surface area contributed by atoms with Gasteiger partial charge >= 0.3 is 0 Å². The van der Waals surface area contributed by atoms with E-state index in [0.29, 0.717) is 36.6 Å². The quantitative estimate of drug-likeness (QED) is 0.209.